The fraction of sp³-hybridized carbons (Fsp3) is 0.333. The minimum atomic E-state index is -1.46. The minimum absolute atomic E-state index is 0.0543. The van der Waals surface area contributed by atoms with Gasteiger partial charge in [-0.15, -0.1) is 11.3 Å². The number of oxime groups is 1. The third-order valence-corrected chi connectivity index (χ3v) is 4.80. The fourth-order valence-corrected chi connectivity index (χ4v) is 3.51. The second-order valence-corrected chi connectivity index (χ2v) is 6.73. The van der Waals surface area contributed by atoms with Crippen LogP contribution in [-0.2, 0) is 28.8 Å². The number of aromatic nitrogens is 1. The lowest BCUT2D eigenvalue weighted by molar-refractivity contribution is -0.143. The van der Waals surface area contributed by atoms with Gasteiger partial charge in [0.15, 0.2) is 16.5 Å². The highest BCUT2D eigenvalue weighted by molar-refractivity contribution is 7.13. The average molecular weight is 424 g/mol. The van der Waals surface area contributed by atoms with E-state index in [-0.39, 0.29) is 35.2 Å². The minimum Gasteiger partial charge on any atom is -0.477 e. The van der Waals surface area contributed by atoms with Gasteiger partial charge in [0.2, 0.25) is 0 Å². The number of carbonyl (C=O) groups is 4. The lowest BCUT2D eigenvalue weighted by Gasteiger charge is -2.18. The van der Waals surface area contributed by atoms with E-state index in [2.05, 4.69) is 25.0 Å². The largest absolute Gasteiger partial charge is 0.477 e. The second-order valence-electron chi connectivity index (χ2n) is 5.84. The Morgan fingerprint density at radius 3 is 2.69 bits per heavy atom. The highest BCUT2D eigenvalue weighted by atomic mass is 32.1. The number of nitrogens with one attached hydrogen (secondary N) is 1. The number of nitrogen functional groups attached to an aromatic ring is 1. The first-order valence-corrected chi connectivity index (χ1v) is 8.93. The Bertz CT molecular complexity index is 955. The van der Waals surface area contributed by atoms with Crippen molar-refractivity contribution < 1.29 is 33.9 Å². The number of nitrogens with two attached hydrogens (primary N) is 1. The number of fused-ring (bicyclic) bond motifs is 1. The van der Waals surface area contributed by atoms with E-state index in [4.69, 9.17) is 5.73 Å². The highest BCUT2D eigenvalue weighted by Gasteiger charge is 2.49. The molecular weight excluding hydrogens is 408 g/mol. The Balaban J connectivity index is 1.81. The van der Waals surface area contributed by atoms with E-state index in [1.165, 1.54) is 17.5 Å². The summed E-state index contributed by atoms with van der Waals surface area (Å²) in [6.07, 6.45) is 0. The Morgan fingerprint density at radius 1 is 1.41 bits per heavy atom. The number of rotatable bonds is 6. The van der Waals surface area contributed by atoms with E-state index in [9.17, 15) is 24.3 Å². The van der Waals surface area contributed by atoms with Crippen LogP contribution in [0.4, 0.5) is 5.13 Å². The van der Waals surface area contributed by atoms with Crippen molar-refractivity contribution in [3.8, 4) is 0 Å². The van der Waals surface area contributed by atoms with Crippen molar-refractivity contribution in [2.45, 2.75) is 6.04 Å². The lowest BCUT2D eigenvalue weighted by atomic mass is 10.1. The second kappa shape index (κ2) is 7.84. The normalized spacial score (nSPS) is 19.4. The van der Waals surface area contributed by atoms with Crippen molar-refractivity contribution in [3.63, 3.8) is 0 Å². The molecule has 3 rings (SSSR count). The number of methoxy groups -OCH3 is 1. The van der Waals surface area contributed by atoms with Gasteiger partial charge in [0.25, 0.3) is 11.8 Å². The number of esters is 1. The van der Waals surface area contributed by atoms with Gasteiger partial charge in [-0.3, -0.25) is 9.59 Å². The summed E-state index contributed by atoms with van der Waals surface area (Å²) in [5, 5.41) is 19.4. The van der Waals surface area contributed by atoms with Crippen LogP contribution in [0.2, 0.25) is 0 Å². The van der Waals surface area contributed by atoms with Crippen LogP contribution in [0.1, 0.15) is 5.69 Å². The third-order valence-electron chi connectivity index (χ3n) is 4.12. The molecule has 3 heterocycles. The maximum absolute atomic E-state index is 12.7. The van der Waals surface area contributed by atoms with Gasteiger partial charge in [-0.1, -0.05) is 5.16 Å². The number of hydrogen-bond donors (Lipinski definition) is 3. The smallest absolute Gasteiger partial charge is 0.354 e. The molecule has 0 radical (unpaired) electrons. The molecule has 1 aromatic heterocycles. The van der Waals surface area contributed by atoms with Crippen molar-refractivity contribution in [2.24, 2.45) is 5.16 Å². The third kappa shape index (κ3) is 3.62. The van der Waals surface area contributed by atoms with Gasteiger partial charge < -0.3 is 25.7 Å². The summed E-state index contributed by atoms with van der Waals surface area (Å²) in [6.45, 7) is -0.199. The van der Waals surface area contributed by atoms with Crippen LogP contribution in [0, 0.1) is 0 Å². The first kappa shape index (κ1) is 20.2. The average Bonchev–Trinajstić information content (AvgIpc) is 3.34. The summed E-state index contributed by atoms with van der Waals surface area (Å²) in [5.41, 5.74) is 4.88. The van der Waals surface area contributed by atoms with E-state index in [1.54, 1.807) is 0 Å². The monoisotopic (exact) mass is 424 g/mol. The molecule has 0 bridgehead atoms. The van der Waals surface area contributed by atoms with E-state index in [0.717, 1.165) is 23.5 Å². The summed E-state index contributed by atoms with van der Waals surface area (Å²) in [6, 6.07) is -1.07. The summed E-state index contributed by atoms with van der Waals surface area (Å²) in [4.78, 5) is 57.4. The van der Waals surface area contributed by atoms with Crippen LogP contribution in [0.5, 0.6) is 0 Å². The number of hydrogen-bond acceptors (Lipinski definition) is 11. The molecule has 1 saturated heterocycles. The molecule has 13 nitrogen and oxygen atoms in total. The van der Waals surface area contributed by atoms with Crippen molar-refractivity contribution in [1.29, 1.82) is 0 Å². The molecule has 0 aromatic carbocycles. The van der Waals surface area contributed by atoms with E-state index < -0.39 is 35.5 Å². The van der Waals surface area contributed by atoms with Crippen LogP contribution < -0.4 is 11.1 Å². The topological polar surface area (TPSA) is 177 Å². The molecule has 29 heavy (non-hydrogen) atoms. The lowest BCUT2D eigenvalue weighted by Crippen LogP contribution is -2.46. The SMILES string of the molecule is CO/N=C(\C(=O)NC1CN2CC(C(=O)OC)=C(C(=O)O)N2C1=O)c1csc(N)n1. The van der Waals surface area contributed by atoms with Crippen LogP contribution in [-0.4, -0.2) is 82.9 Å². The van der Waals surface area contributed by atoms with Gasteiger partial charge in [0.05, 0.1) is 19.2 Å². The van der Waals surface area contributed by atoms with Gasteiger partial charge in [0.1, 0.15) is 18.8 Å². The van der Waals surface area contributed by atoms with Gasteiger partial charge in [-0.2, -0.15) is 0 Å². The molecule has 1 atom stereocenters. The molecule has 14 heteroatoms. The molecule has 4 N–H and O–H groups in total. The Labute approximate surface area is 167 Å². The zero-order valence-electron chi connectivity index (χ0n) is 15.2. The van der Waals surface area contributed by atoms with Crippen molar-refractivity contribution >= 4 is 45.9 Å². The zero-order chi connectivity index (χ0) is 21.3. The van der Waals surface area contributed by atoms with Crippen molar-refractivity contribution in [3.05, 3.63) is 22.3 Å². The Hall–Kier alpha value is -3.52. The number of carbonyl (C=O) groups excluding carboxylic acids is 3. The summed E-state index contributed by atoms with van der Waals surface area (Å²) in [7, 11) is 2.35. The summed E-state index contributed by atoms with van der Waals surface area (Å²) in [5.74, 6) is -3.79. The standard InChI is InChI=1S/C15H16N6O7S/c1-27-14(26)6-3-20-4-7(12(23)21(20)10(6)13(24)25)17-11(22)9(19-28-2)8-5-29-15(16)18-8/h5,7H,3-4H2,1-2H3,(H2,16,18)(H,17,22)(H,24,25)/b19-9-. The number of thiazole rings is 1. The number of aliphatic carboxylic acids is 1. The molecule has 1 unspecified atom stereocenters. The summed E-state index contributed by atoms with van der Waals surface area (Å²) < 4.78 is 4.58. The molecule has 2 aliphatic heterocycles. The van der Waals surface area contributed by atoms with E-state index >= 15 is 0 Å². The van der Waals surface area contributed by atoms with Gasteiger partial charge in [-0.05, 0) is 0 Å². The molecule has 2 amide bonds. The molecule has 2 aliphatic rings. The zero-order valence-corrected chi connectivity index (χ0v) is 16.1. The molecule has 0 spiro atoms. The number of anilines is 1. The van der Waals surface area contributed by atoms with Gasteiger partial charge in [-0.25, -0.2) is 24.6 Å². The van der Waals surface area contributed by atoms with Crippen LogP contribution in [0.15, 0.2) is 21.8 Å². The Morgan fingerprint density at radius 2 is 2.14 bits per heavy atom. The maximum Gasteiger partial charge on any atom is 0.354 e. The molecule has 1 fully saturated rings. The van der Waals surface area contributed by atoms with Crippen molar-refractivity contribution in [2.75, 3.05) is 33.0 Å². The van der Waals surface area contributed by atoms with Crippen molar-refractivity contribution in [1.82, 2.24) is 20.3 Å². The molecule has 0 aliphatic carbocycles. The van der Waals surface area contributed by atoms with Crippen LogP contribution >= 0.6 is 11.3 Å². The predicted octanol–water partition coefficient (Wildman–Crippen LogP) is -1.85. The van der Waals surface area contributed by atoms with E-state index in [0.29, 0.717) is 0 Å². The van der Waals surface area contributed by atoms with Crippen LogP contribution in [0.3, 0.4) is 0 Å². The fourth-order valence-electron chi connectivity index (χ4n) is 2.96. The number of carboxylic acids is 1. The first-order valence-electron chi connectivity index (χ1n) is 8.05. The van der Waals surface area contributed by atoms with Crippen LogP contribution in [0.25, 0.3) is 0 Å². The summed E-state index contributed by atoms with van der Waals surface area (Å²) >= 11 is 1.09. The van der Waals surface area contributed by atoms with Gasteiger partial charge in [0, 0.05) is 11.9 Å². The van der Waals surface area contributed by atoms with E-state index in [1.807, 2.05) is 0 Å². The molecule has 0 saturated carbocycles. The number of hydrazine groups is 1. The predicted molar refractivity (Wildman–Crippen MR) is 97.1 cm³/mol. The molecule has 1 aromatic rings. The number of nitrogens with zero attached hydrogens (tertiary/aromatic N) is 4. The number of carboxylic acid groups (broad SMARTS) is 1. The highest BCUT2D eigenvalue weighted by Crippen LogP contribution is 2.30. The quantitative estimate of drug-likeness (QED) is 0.267. The maximum atomic E-state index is 12.7. The molecule has 154 valence electrons. The Kier molecular flexibility index (Phi) is 5.47. The van der Waals surface area contributed by atoms with Gasteiger partial charge >= 0.3 is 11.9 Å². The molecular formula is C15H16N6O7S. The number of amides is 2. The number of ether oxygens (including phenoxy) is 1. The first-order chi connectivity index (χ1) is 13.8.